The van der Waals surface area contributed by atoms with E-state index in [0.717, 1.165) is 0 Å². The minimum atomic E-state index is -5.31. The maximum Gasteiger partial charge on any atom is 0.418 e. The summed E-state index contributed by atoms with van der Waals surface area (Å²) in [5.74, 6) is -1.68. The van der Waals surface area contributed by atoms with E-state index >= 15 is 0 Å². The van der Waals surface area contributed by atoms with Gasteiger partial charge in [-0.2, -0.15) is 26.3 Å². The van der Waals surface area contributed by atoms with Crippen molar-refractivity contribution in [1.82, 2.24) is 4.98 Å². The van der Waals surface area contributed by atoms with Crippen molar-refractivity contribution in [1.29, 1.82) is 0 Å². The number of carboxylic acids is 1. The maximum atomic E-state index is 12.6. The average Bonchev–Trinajstić information content (AvgIpc) is 2.13. The summed E-state index contributed by atoms with van der Waals surface area (Å²) in [6.07, 6.45) is -11.3. The minimum absolute atomic E-state index is 0.0220. The van der Waals surface area contributed by atoms with Gasteiger partial charge in [0.25, 0.3) is 0 Å². The van der Waals surface area contributed by atoms with Crippen LogP contribution in [0.25, 0.3) is 0 Å². The van der Waals surface area contributed by atoms with Gasteiger partial charge in [0.05, 0.1) is 17.5 Å². The molecular formula is C9H5F6NO2. The van der Waals surface area contributed by atoms with Gasteiger partial charge in [-0.15, -0.1) is 0 Å². The van der Waals surface area contributed by atoms with Crippen LogP contribution in [0.15, 0.2) is 12.4 Å². The Kier molecular flexibility index (Phi) is 3.54. The number of hydrogen-bond donors (Lipinski definition) is 1. The van der Waals surface area contributed by atoms with Crippen molar-refractivity contribution in [3.8, 4) is 0 Å². The normalized spacial score (nSPS) is 12.6. The Hall–Kier alpha value is -1.80. The van der Waals surface area contributed by atoms with Gasteiger partial charge in [0, 0.05) is 12.4 Å². The first kappa shape index (κ1) is 14.3. The second-order valence-corrected chi connectivity index (χ2v) is 3.29. The van der Waals surface area contributed by atoms with E-state index in [4.69, 9.17) is 5.11 Å². The summed E-state index contributed by atoms with van der Waals surface area (Å²) in [5, 5.41) is 8.37. The molecule has 0 amide bonds. The monoisotopic (exact) mass is 273 g/mol. The number of aromatic nitrogens is 1. The summed E-state index contributed by atoms with van der Waals surface area (Å²) in [6, 6.07) is 0. The molecule has 1 aromatic heterocycles. The highest BCUT2D eigenvalue weighted by Gasteiger charge is 2.45. The second-order valence-electron chi connectivity index (χ2n) is 3.29. The number of nitrogens with zero attached hydrogens (tertiary/aromatic N) is 1. The highest BCUT2D eigenvalue weighted by Crippen LogP contribution is 2.41. The Labute approximate surface area is 96.1 Å². The van der Waals surface area contributed by atoms with Crippen LogP contribution in [0.5, 0.6) is 0 Å². The summed E-state index contributed by atoms with van der Waals surface area (Å²) in [6.45, 7) is 0. The van der Waals surface area contributed by atoms with E-state index in [0.29, 0.717) is 6.20 Å². The second kappa shape index (κ2) is 4.46. The van der Waals surface area contributed by atoms with Gasteiger partial charge >= 0.3 is 18.3 Å². The topological polar surface area (TPSA) is 50.2 Å². The van der Waals surface area contributed by atoms with Crippen LogP contribution in [-0.4, -0.2) is 16.1 Å². The fourth-order valence-corrected chi connectivity index (χ4v) is 1.35. The SMILES string of the molecule is O=C(O)Cc1cncc(C(F)(F)F)c1C(F)(F)F. The largest absolute Gasteiger partial charge is 0.481 e. The third-order valence-corrected chi connectivity index (χ3v) is 1.96. The smallest absolute Gasteiger partial charge is 0.418 e. The van der Waals surface area contributed by atoms with Crippen LogP contribution < -0.4 is 0 Å². The lowest BCUT2D eigenvalue weighted by Gasteiger charge is -2.17. The molecule has 0 spiro atoms. The summed E-state index contributed by atoms with van der Waals surface area (Å²) in [4.78, 5) is 13.3. The molecule has 1 rings (SSSR count). The first-order valence-electron chi connectivity index (χ1n) is 4.36. The highest BCUT2D eigenvalue weighted by atomic mass is 19.4. The van der Waals surface area contributed by atoms with E-state index in [1.54, 1.807) is 0 Å². The Balaban J connectivity index is 3.50. The van der Waals surface area contributed by atoms with Crippen LogP contribution in [0.3, 0.4) is 0 Å². The van der Waals surface area contributed by atoms with Gasteiger partial charge in [0.15, 0.2) is 0 Å². The molecule has 18 heavy (non-hydrogen) atoms. The molecule has 0 bridgehead atoms. The molecule has 0 saturated heterocycles. The number of carbonyl (C=O) groups is 1. The fourth-order valence-electron chi connectivity index (χ4n) is 1.35. The van der Waals surface area contributed by atoms with Crippen molar-refractivity contribution in [2.75, 3.05) is 0 Å². The zero-order valence-electron chi connectivity index (χ0n) is 8.43. The molecule has 0 fully saturated rings. The Morgan fingerprint density at radius 1 is 1.11 bits per heavy atom. The molecule has 1 N–H and O–H groups in total. The van der Waals surface area contributed by atoms with Crippen LogP contribution in [0, 0.1) is 0 Å². The third-order valence-electron chi connectivity index (χ3n) is 1.96. The van der Waals surface area contributed by atoms with E-state index in [2.05, 4.69) is 4.98 Å². The molecule has 3 nitrogen and oxygen atoms in total. The minimum Gasteiger partial charge on any atom is -0.481 e. The standard InChI is InChI=1S/C9H5F6NO2/c10-8(11,12)5-3-16-2-4(1-6(17)18)7(5)9(13,14)15/h2-3H,1H2,(H,17,18). The van der Waals surface area contributed by atoms with E-state index in [1.165, 1.54) is 0 Å². The van der Waals surface area contributed by atoms with Crippen molar-refractivity contribution < 1.29 is 36.2 Å². The van der Waals surface area contributed by atoms with Crippen LogP contribution in [0.1, 0.15) is 16.7 Å². The van der Waals surface area contributed by atoms with Gasteiger partial charge in [0.2, 0.25) is 0 Å². The zero-order chi connectivity index (χ0) is 14.1. The molecule has 100 valence electrons. The number of alkyl halides is 6. The predicted octanol–water partition coefficient (Wildman–Crippen LogP) is 2.75. The molecule has 1 heterocycles. The number of aliphatic carboxylic acids is 1. The molecule has 0 aromatic carbocycles. The van der Waals surface area contributed by atoms with Gasteiger partial charge in [-0.25, -0.2) is 0 Å². The zero-order valence-corrected chi connectivity index (χ0v) is 8.43. The average molecular weight is 273 g/mol. The summed E-state index contributed by atoms with van der Waals surface area (Å²) in [5.41, 5.74) is -5.02. The summed E-state index contributed by atoms with van der Waals surface area (Å²) >= 11 is 0. The van der Waals surface area contributed by atoms with Crippen molar-refractivity contribution in [2.45, 2.75) is 18.8 Å². The number of rotatable bonds is 2. The Morgan fingerprint density at radius 3 is 2.06 bits per heavy atom. The molecule has 0 unspecified atom stereocenters. The molecular weight excluding hydrogens is 268 g/mol. The lowest BCUT2D eigenvalue weighted by Crippen LogP contribution is -2.20. The molecule has 1 aromatic rings. The Morgan fingerprint density at radius 2 is 1.67 bits per heavy atom. The highest BCUT2D eigenvalue weighted by molar-refractivity contribution is 5.71. The molecule has 0 saturated carbocycles. The van der Waals surface area contributed by atoms with Crippen LogP contribution in [0.4, 0.5) is 26.3 Å². The Bertz CT molecular complexity index is 465. The lowest BCUT2D eigenvalue weighted by atomic mass is 10.0. The number of carboxylic acid groups (broad SMARTS) is 1. The number of hydrogen-bond acceptors (Lipinski definition) is 2. The van der Waals surface area contributed by atoms with Gasteiger partial charge in [0.1, 0.15) is 0 Å². The van der Waals surface area contributed by atoms with Crippen molar-refractivity contribution >= 4 is 5.97 Å². The number of halogens is 6. The molecule has 0 aliphatic heterocycles. The molecule has 0 aliphatic rings. The molecule has 0 atom stereocenters. The van der Waals surface area contributed by atoms with Crippen molar-refractivity contribution in [3.63, 3.8) is 0 Å². The van der Waals surface area contributed by atoms with Crippen LogP contribution in [-0.2, 0) is 23.6 Å². The van der Waals surface area contributed by atoms with Gasteiger partial charge in [-0.3, -0.25) is 9.78 Å². The van der Waals surface area contributed by atoms with E-state index in [1.807, 2.05) is 0 Å². The summed E-state index contributed by atoms with van der Waals surface area (Å²) < 4.78 is 74.9. The van der Waals surface area contributed by atoms with E-state index in [9.17, 15) is 31.1 Å². The first-order chi connectivity index (χ1) is 8.03. The quantitative estimate of drug-likeness (QED) is 0.843. The van der Waals surface area contributed by atoms with Gasteiger partial charge in [-0.1, -0.05) is 0 Å². The van der Waals surface area contributed by atoms with Gasteiger partial charge < -0.3 is 5.11 Å². The van der Waals surface area contributed by atoms with Gasteiger partial charge in [-0.05, 0) is 5.56 Å². The van der Waals surface area contributed by atoms with E-state index in [-0.39, 0.29) is 6.20 Å². The lowest BCUT2D eigenvalue weighted by molar-refractivity contribution is -0.163. The molecule has 9 heteroatoms. The van der Waals surface area contributed by atoms with Crippen LogP contribution >= 0.6 is 0 Å². The maximum absolute atomic E-state index is 12.6. The van der Waals surface area contributed by atoms with Crippen LogP contribution in [0.2, 0.25) is 0 Å². The van der Waals surface area contributed by atoms with Crippen molar-refractivity contribution in [2.24, 2.45) is 0 Å². The fraction of sp³-hybridized carbons (Fsp3) is 0.333. The van der Waals surface area contributed by atoms with E-state index < -0.39 is 41.4 Å². The third kappa shape index (κ3) is 3.11. The first-order valence-corrected chi connectivity index (χ1v) is 4.36. The molecule has 0 aliphatic carbocycles. The summed E-state index contributed by atoms with van der Waals surface area (Å²) in [7, 11) is 0. The number of pyridine rings is 1. The predicted molar refractivity (Wildman–Crippen MR) is 45.6 cm³/mol. The van der Waals surface area contributed by atoms with Crippen molar-refractivity contribution in [3.05, 3.63) is 29.1 Å². The molecule has 0 radical (unpaired) electrons.